The van der Waals surface area contributed by atoms with Gasteiger partial charge in [-0.3, -0.25) is 0 Å². The van der Waals surface area contributed by atoms with Crippen molar-refractivity contribution in [3.63, 3.8) is 0 Å². The van der Waals surface area contributed by atoms with E-state index in [2.05, 4.69) is 31.3 Å². The number of hydrogen-bond acceptors (Lipinski definition) is 4. The normalized spacial score (nSPS) is 10.2. The summed E-state index contributed by atoms with van der Waals surface area (Å²) in [6.45, 7) is 2.06. The number of aromatic nitrogens is 3. The van der Waals surface area contributed by atoms with E-state index in [-0.39, 0.29) is 5.69 Å². The van der Waals surface area contributed by atoms with Gasteiger partial charge in [-0.05, 0) is 19.1 Å². The number of hydrogen-bond donors (Lipinski definition) is 1. The van der Waals surface area contributed by atoms with Crippen LogP contribution < -0.4 is 0 Å². The Kier molecular flexibility index (Phi) is 3.53. The van der Waals surface area contributed by atoms with E-state index in [1.54, 1.807) is 6.92 Å². The first kappa shape index (κ1) is 11.8. The molecule has 1 N–H and O–H groups in total. The topological polar surface area (TPSA) is 67.9 Å². The Morgan fingerprint density at radius 2 is 2.29 bits per heavy atom. The standard InChI is InChI=1S/C11H10BrN3O2/c1-2-17-11(16)10-9(13-15-14-10)7-4-3-5-8(12)6-7/h3-6H,2H2,1H3,(H,13,14,15). The SMILES string of the molecule is CCOC(=O)c1n[nH]nc1-c1cccc(Br)c1. The number of carbonyl (C=O) groups is 1. The van der Waals surface area contributed by atoms with Crippen LogP contribution in [0.1, 0.15) is 17.4 Å². The van der Waals surface area contributed by atoms with Gasteiger partial charge in [-0.1, -0.05) is 28.1 Å². The van der Waals surface area contributed by atoms with Gasteiger partial charge in [-0.25, -0.2) is 4.79 Å². The van der Waals surface area contributed by atoms with Crippen LogP contribution in [0.4, 0.5) is 0 Å². The zero-order valence-electron chi connectivity index (χ0n) is 9.11. The number of nitrogens with zero attached hydrogens (tertiary/aromatic N) is 2. The molecule has 88 valence electrons. The zero-order chi connectivity index (χ0) is 12.3. The molecule has 0 unspecified atom stereocenters. The highest BCUT2D eigenvalue weighted by molar-refractivity contribution is 9.10. The summed E-state index contributed by atoms with van der Waals surface area (Å²) < 4.78 is 5.82. The van der Waals surface area contributed by atoms with Crippen LogP contribution in [-0.4, -0.2) is 28.0 Å². The maximum absolute atomic E-state index is 11.6. The third kappa shape index (κ3) is 2.52. The van der Waals surface area contributed by atoms with E-state index in [9.17, 15) is 4.79 Å². The molecule has 0 aliphatic carbocycles. The summed E-state index contributed by atoms with van der Waals surface area (Å²) in [7, 11) is 0. The molecule has 6 heteroatoms. The summed E-state index contributed by atoms with van der Waals surface area (Å²) in [4.78, 5) is 11.6. The number of nitrogens with one attached hydrogen (secondary N) is 1. The second-order valence-corrected chi connectivity index (χ2v) is 4.17. The molecule has 0 spiro atoms. The summed E-state index contributed by atoms with van der Waals surface area (Å²) in [6.07, 6.45) is 0. The first-order valence-electron chi connectivity index (χ1n) is 5.06. The lowest BCUT2D eigenvalue weighted by atomic mass is 10.1. The van der Waals surface area contributed by atoms with Crippen LogP contribution in [0.25, 0.3) is 11.3 Å². The number of rotatable bonds is 3. The number of aromatic amines is 1. The number of halogens is 1. The van der Waals surface area contributed by atoms with E-state index in [0.29, 0.717) is 12.3 Å². The summed E-state index contributed by atoms with van der Waals surface area (Å²) in [5.74, 6) is -0.476. The van der Waals surface area contributed by atoms with Crippen molar-refractivity contribution in [3.05, 3.63) is 34.4 Å². The zero-order valence-corrected chi connectivity index (χ0v) is 10.7. The minimum absolute atomic E-state index is 0.199. The molecule has 1 aromatic heterocycles. The molecule has 0 fully saturated rings. The highest BCUT2D eigenvalue weighted by Gasteiger charge is 2.18. The molecular weight excluding hydrogens is 286 g/mol. The molecule has 0 atom stereocenters. The summed E-state index contributed by atoms with van der Waals surface area (Å²) in [5, 5.41) is 10.2. The lowest BCUT2D eigenvalue weighted by Crippen LogP contribution is -2.06. The number of H-pyrrole nitrogens is 1. The van der Waals surface area contributed by atoms with Crippen LogP contribution in [0.2, 0.25) is 0 Å². The largest absolute Gasteiger partial charge is 0.461 e. The van der Waals surface area contributed by atoms with Crippen LogP contribution in [0.3, 0.4) is 0 Å². The Hall–Kier alpha value is -1.69. The monoisotopic (exact) mass is 295 g/mol. The van der Waals surface area contributed by atoms with Gasteiger partial charge in [0.2, 0.25) is 0 Å². The van der Waals surface area contributed by atoms with Gasteiger partial charge in [0, 0.05) is 10.0 Å². The van der Waals surface area contributed by atoms with Gasteiger partial charge in [-0.15, -0.1) is 5.10 Å². The predicted octanol–water partition coefficient (Wildman–Crippen LogP) is 2.41. The van der Waals surface area contributed by atoms with Gasteiger partial charge >= 0.3 is 5.97 Å². The smallest absolute Gasteiger partial charge is 0.361 e. The minimum Gasteiger partial charge on any atom is -0.461 e. The first-order chi connectivity index (χ1) is 8.22. The van der Waals surface area contributed by atoms with Gasteiger partial charge in [0.25, 0.3) is 0 Å². The Labute approximate surface area is 106 Å². The molecule has 0 aliphatic rings. The van der Waals surface area contributed by atoms with E-state index in [4.69, 9.17) is 4.74 Å². The van der Waals surface area contributed by atoms with Gasteiger partial charge in [0.05, 0.1) is 6.61 Å². The van der Waals surface area contributed by atoms with Crippen molar-refractivity contribution in [3.8, 4) is 11.3 Å². The van der Waals surface area contributed by atoms with Crippen LogP contribution in [0.15, 0.2) is 28.7 Å². The molecule has 0 radical (unpaired) electrons. The van der Waals surface area contributed by atoms with Crippen molar-refractivity contribution in [2.45, 2.75) is 6.92 Å². The van der Waals surface area contributed by atoms with E-state index < -0.39 is 5.97 Å². The van der Waals surface area contributed by atoms with Gasteiger partial charge in [0.1, 0.15) is 5.69 Å². The second kappa shape index (κ2) is 5.09. The molecule has 0 saturated carbocycles. The van der Waals surface area contributed by atoms with Crippen LogP contribution in [-0.2, 0) is 4.74 Å². The van der Waals surface area contributed by atoms with Gasteiger partial charge in [0.15, 0.2) is 5.69 Å². The second-order valence-electron chi connectivity index (χ2n) is 3.25. The Morgan fingerprint density at radius 3 is 3.00 bits per heavy atom. The molecule has 0 bridgehead atoms. The number of ether oxygens (including phenoxy) is 1. The number of carbonyl (C=O) groups excluding carboxylic acids is 1. The van der Waals surface area contributed by atoms with E-state index in [1.165, 1.54) is 0 Å². The molecule has 2 aromatic rings. The molecular formula is C11H10BrN3O2. The first-order valence-corrected chi connectivity index (χ1v) is 5.85. The molecule has 0 saturated heterocycles. The molecule has 1 heterocycles. The Balaban J connectivity index is 2.40. The number of esters is 1. The van der Waals surface area contributed by atoms with Gasteiger partial charge < -0.3 is 4.74 Å². The summed E-state index contributed by atoms with van der Waals surface area (Å²) in [5.41, 5.74) is 1.49. The van der Waals surface area contributed by atoms with Gasteiger partial charge in [-0.2, -0.15) is 10.3 Å². The van der Waals surface area contributed by atoms with Crippen molar-refractivity contribution in [1.82, 2.24) is 15.4 Å². The predicted molar refractivity (Wildman–Crippen MR) is 65.5 cm³/mol. The highest BCUT2D eigenvalue weighted by Crippen LogP contribution is 2.23. The quantitative estimate of drug-likeness (QED) is 0.883. The summed E-state index contributed by atoms with van der Waals surface area (Å²) >= 11 is 3.37. The van der Waals surface area contributed by atoms with E-state index >= 15 is 0 Å². The fourth-order valence-corrected chi connectivity index (χ4v) is 1.81. The number of benzene rings is 1. The maximum Gasteiger partial charge on any atom is 0.361 e. The van der Waals surface area contributed by atoms with Crippen LogP contribution in [0, 0.1) is 0 Å². The summed E-state index contributed by atoms with van der Waals surface area (Å²) in [6, 6.07) is 7.47. The third-order valence-electron chi connectivity index (χ3n) is 2.11. The highest BCUT2D eigenvalue weighted by atomic mass is 79.9. The van der Waals surface area contributed by atoms with Crippen molar-refractivity contribution in [1.29, 1.82) is 0 Å². The Morgan fingerprint density at radius 1 is 1.47 bits per heavy atom. The van der Waals surface area contributed by atoms with Crippen molar-refractivity contribution in [2.24, 2.45) is 0 Å². The van der Waals surface area contributed by atoms with Crippen molar-refractivity contribution in [2.75, 3.05) is 6.61 Å². The van der Waals surface area contributed by atoms with E-state index in [0.717, 1.165) is 10.0 Å². The maximum atomic E-state index is 11.6. The average Bonchev–Trinajstić information content (AvgIpc) is 2.78. The van der Waals surface area contributed by atoms with Crippen LogP contribution in [0.5, 0.6) is 0 Å². The fourth-order valence-electron chi connectivity index (χ4n) is 1.41. The fraction of sp³-hybridized carbons (Fsp3) is 0.182. The molecule has 0 aliphatic heterocycles. The van der Waals surface area contributed by atoms with E-state index in [1.807, 2.05) is 24.3 Å². The molecule has 0 amide bonds. The lowest BCUT2D eigenvalue weighted by Gasteiger charge is -2.01. The molecule has 5 nitrogen and oxygen atoms in total. The Bertz CT molecular complexity index is 539. The lowest BCUT2D eigenvalue weighted by molar-refractivity contribution is 0.0520. The molecule has 17 heavy (non-hydrogen) atoms. The third-order valence-corrected chi connectivity index (χ3v) is 2.61. The van der Waals surface area contributed by atoms with Crippen molar-refractivity contribution < 1.29 is 9.53 Å². The molecule has 1 aromatic carbocycles. The van der Waals surface area contributed by atoms with Crippen molar-refractivity contribution >= 4 is 21.9 Å². The average molecular weight is 296 g/mol. The minimum atomic E-state index is -0.476. The molecule has 2 rings (SSSR count). The van der Waals surface area contributed by atoms with Crippen LogP contribution >= 0.6 is 15.9 Å².